The summed E-state index contributed by atoms with van der Waals surface area (Å²) in [6, 6.07) is 0.745. The number of terminal acetylenes is 1. The van der Waals surface area contributed by atoms with Crippen molar-refractivity contribution in [2.45, 2.75) is 63.1 Å². The molecule has 0 radical (unpaired) electrons. The molecule has 2 unspecified atom stereocenters. The predicted molar refractivity (Wildman–Crippen MR) is 61.6 cm³/mol. The molecule has 0 aromatic rings. The number of hydrogen-bond donors (Lipinski definition) is 1. The fourth-order valence-corrected chi connectivity index (χ4v) is 2.94. The summed E-state index contributed by atoms with van der Waals surface area (Å²) < 4.78 is 5.98. The van der Waals surface area contributed by atoms with Crippen LogP contribution < -0.4 is 5.32 Å². The lowest BCUT2D eigenvalue weighted by molar-refractivity contribution is -0.0839. The van der Waals surface area contributed by atoms with Crippen molar-refractivity contribution in [3.8, 4) is 12.3 Å². The summed E-state index contributed by atoms with van der Waals surface area (Å²) in [6.45, 7) is 2.95. The van der Waals surface area contributed by atoms with Gasteiger partial charge in [0.05, 0.1) is 11.6 Å². The zero-order valence-corrected chi connectivity index (χ0v) is 9.59. The minimum Gasteiger partial charge on any atom is -0.375 e. The highest BCUT2D eigenvalue weighted by molar-refractivity contribution is 5.00. The molecule has 2 aliphatic rings. The molecular formula is C13H21NO. The molecule has 2 rings (SSSR count). The van der Waals surface area contributed by atoms with E-state index in [4.69, 9.17) is 11.2 Å². The Bertz CT molecular complexity index is 250. The third kappa shape index (κ3) is 2.53. The van der Waals surface area contributed by atoms with Crippen LogP contribution in [-0.4, -0.2) is 24.3 Å². The van der Waals surface area contributed by atoms with E-state index in [9.17, 15) is 0 Å². The van der Waals surface area contributed by atoms with Crippen LogP contribution in [0.15, 0.2) is 0 Å². The molecular weight excluding hydrogens is 186 g/mol. The molecule has 1 N–H and O–H groups in total. The van der Waals surface area contributed by atoms with E-state index in [1.54, 1.807) is 0 Å². The second-order valence-electron chi connectivity index (χ2n) is 4.98. The van der Waals surface area contributed by atoms with Crippen LogP contribution in [0.1, 0.15) is 45.4 Å². The SMILES string of the molecule is C#CC(C)NC1CCOC2(CCCC2)C1. The highest BCUT2D eigenvalue weighted by atomic mass is 16.5. The van der Waals surface area contributed by atoms with Gasteiger partial charge in [-0.3, -0.25) is 0 Å². The van der Waals surface area contributed by atoms with Crippen molar-refractivity contribution in [1.82, 2.24) is 5.32 Å². The molecule has 1 aliphatic heterocycles. The van der Waals surface area contributed by atoms with E-state index >= 15 is 0 Å². The minimum atomic E-state index is 0.187. The predicted octanol–water partition coefficient (Wildman–Crippen LogP) is 2.09. The number of nitrogens with one attached hydrogen (secondary N) is 1. The monoisotopic (exact) mass is 207 g/mol. The van der Waals surface area contributed by atoms with E-state index in [1.807, 2.05) is 0 Å². The van der Waals surface area contributed by atoms with Crippen molar-refractivity contribution in [3.05, 3.63) is 0 Å². The van der Waals surface area contributed by atoms with Crippen LogP contribution >= 0.6 is 0 Å². The quantitative estimate of drug-likeness (QED) is 0.700. The first-order chi connectivity index (χ1) is 7.24. The van der Waals surface area contributed by atoms with Crippen LogP contribution in [0.4, 0.5) is 0 Å². The molecule has 1 saturated carbocycles. The summed E-state index contributed by atoms with van der Waals surface area (Å²) in [5, 5.41) is 3.50. The van der Waals surface area contributed by atoms with Gasteiger partial charge in [0.15, 0.2) is 0 Å². The van der Waals surface area contributed by atoms with E-state index in [0.717, 1.165) is 19.4 Å². The number of ether oxygens (including phenoxy) is 1. The van der Waals surface area contributed by atoms with Crippen LogP contribution in [0.5, 0.6) is 0 Å². The molecule has 2 heteroatoms. The first kappa shape index (κ1) is 11.0. The molecule has 1 spiro atoms. The molecule has 84 valence electrons. The normalized spacial score (nSPS) is 31.3. The van der Waals surface area contributed by atoms with Gasteiger partial charge in [0.2, 0.25) is 0 Å². The second-order valence-corrected chi connectivity index (χ2v) is 4.98. The highest BCUT2D eigenvalue weighted by Gasteiger charge is 2.39. The Morgan fingerprint density at radius 3 is 2.87 bits per heavy atom. The average Bonchev–Trinajstić information content (AvgIpc) is 2.66. The van der Waals surface area contributed by atoms with Crippen LogP contribution in [0, 0.1) is 12.3 Å². The average molecular weight is 207 g/mol. The zero-order valence-electron chi connectivity index (χ0n) is 9.59. The van der Waals surface area contributed by atoms with Crippen molar-refractivity contribution in [3.63, 3.8) is 0 Å². The van der Waals surface area contributed by atoms with Gasteiger partial charge >= 0.3 is 0 Å². The Morgan fingerprint density at radius 1 is 1.47 bits per heavy atom. The van der Waals surface area contributed by atoms with Gasteiger partial charge in [-0.15, -0.1) is 6.42 Å². The Hall–Kier alpha value is -0.520. The maximum absolute atomic E-state index is 5.98. The van der Waals surface area contributed by atoms with Crippen LogP contribution in [0.3, 0.4) is 0 Å². The molecule has 0 amide bonds. The molecule has 2 atom stereocenters. The molecule has 1 heterocycles. The van der Waals surface area contributed by atoms with Crippen LogP contribution in [-0.2, 0) is 4.74 Å². The summed E-state index contributed by atoms with van der Waals surface area (Å²) in [6.07, 6.45) is 12.8. The van der Waals surface area contributed by atoms with Crippen LogP contribution in [0.25, 0.3) is 0 Å². The molecule has 0 aromatic carbocycles. The summed E-state index contributed by atoms with van der Waals surface area (Å²) in [4.78, 5) is 0. The topological polar surface area (TPSA) is 21.3 Å². The van der Waals surface area contributed by atoms with Gasteiger partial charge in [0, 0.05) is 12.6 Å². The third-order valence-corrected chi connectivity index (χ3v) is 3.74. The van der Waals surface area contributed by atoms with Gasteiger partial charge in [0.25, 0.3) is 0 Å². The maximum atomic E-state index is 5.98. The van der Waals surface area contributed by atoms with Crippen molar-refractivity contribution in [2.75, 3.05) is 6.61 Å². The number of rotatable bonds is 2. The number of hydrogen-bond acceptors (Lipinski definition) is 2. The Labute approximate surface area is 92.8 Å². The second kappa shape index (κ2) is 4.55. The van der Waals surface area contributed by atoms with Crippen LogP contribution in [0.2, 0.25) is 0 Å². The summed E-state index contributed by atoms with van der Waals surface area (Å²) >= 11 is 0. The van der Waals surface area contributed by atoms with Gasteiger partial charge in [0.1, 0.15) is 0 Å². The molecule has 2 nitrogen and oxygen atoms in total. The molecule has 2 fully saturated rings. The lowest BCUT2D eigenvalue weighted by atomic mass is 9.88. The van der Waals surface area contributed by atoms with E-state index < -0.39 is 0 Å². The van der Waals surface area contributed by atoms with Crippen molar-refractivity contribution < 1.29 is 4.74 Å². The van der Waals surface area contributed by atoms with Gasteiger partial charge in [-0.2, -0.15) is 0 Å². The largest absolute Gasteiger partial charge is 0.375 e. The van der Waals surface area contributed by atoms with Crippen molar-refractivity contribution in [2.24, 2.45) is 0 Å². The van der Waals surface area contributed by atoms with Crippen molar-refractivity contribution >= 4 is 0 Å². The Balaban J connectivity index is 1.90. The van der Waals surface area contributed by atoms with Gasteiger partial charge in [-0.25, -0.2) is 0 Å². The summed E-state index contributed by atoms with van der Waals surface area (Å²) in [5.41, 5.74) is 0.199. The molecule has 0 bridgehead atoms. The standard InChI is InChI=1S/C13H21NO/c1-3-11(2)14-12-6-9-15-13(10-12)7-4-5-8-13/h1,11-12,14H,4-10H2,2H3. The third-order valence-electron chi connectivity index (χ3n) is 3.74. The lowest BCUT2D eigenvalue weighted by Crippen LogP contribution is -2.47. The zero-order chi connectivity index (χ0) is 10.7. The first-order valence-corrected chi connectivity index (χ1v) is 6.10. The summed E-state index contributed by atoms with van der Waals surface area (Å²) in [5.74, 6) is 2.74. The fraction of sp³-hybridized carbons (Fsp3) is 0.846. The van der Waals surface area contributed by atoms with E-state index in [-0.39, 0.29) is 11.6 Å². The van der Waals surface area contributed by atoms with E-state index in [1.165, 1.54) is 25.7 Å². The Kier molecular flexibility index (Phi) is 3.33. The van der Waals surface area contributed by atoms with Crippen molar-refractivity contribution in [1.29, 1.82) is 0 Å². The lowest BCUT2D eigenvalue weighted by Gasteiger charge is -2.39. The van der Waals surface area contributed by atoms with Gasteiger partial charge in [-0.1, -0.05) is 18.8 Å². The minimum absolute atomic E-state index is 0.187. The Morgan fingerprint density at radius 2 is 2.20 bits per heavy atom. The molecule has 15 heavy (non-hydrogen) atoms. The molecule has 0 aromatic heterocycles. The first-order valence-electron chi connectivity index (χ1n) is 6.10. The van der Waals surface area contributed by atoms with Gasteiger partial charge < -0.3 is 10.1 Å². The molecule has 1 saturated heterocycles. The molecule has 1 aliphatic carbocycles. The summed E-state index contributed by atoms with van der Waals surface area (Å²) in [7, 11) is 0. The smallest absolute Gasteiger partial charge is 0.0697 e. The maximum Gasteiger partial charge on any atom is 0.0697 e. The fourth-order valence-electron chi connectivity index (χ4n) is 2.94. The van der Waals surface area contributed by atoms with E-state index in [2.05, 4.69) is 18.2 Å². The van der Waals surface area contributed by atoms with Gasteiger partial charge in [-0.05, 0) is 32.6 Å². The van der Waals surface area contributed by atoms with E-state index in [0.29, 0.717) is 6.04 Å². The highest BCUT2D eigenvalue weighted by Crippen LogP contribution is 2.39.